The van der Waals surface area contributed by atoms with Crippen molar-refractivity contribution in [1.82, 2.24) is 5.32 Å². The van der Waals surface area contributed by atoms with Gasteiger partial charge in [0.15, 0.2) is 0 Å². The highest BCUT2D eigenvalue weighted by Crippen LogP contribution is 2.25. The fourth-order valence-corrected chi connectivity index (χ4v) is 1.80. The van der Waals surface area contributed by atoms with Gasteiger partial charge in [0.2, 0.25) is 0 Å². The normalized spacial score (nSPS) is 37.0. The molecule has 0 spiro atoms. The molecule has 1 saturated heterocycles. The lowest BCUT2D eigenvalue weighted by Gasteiger charge is -2.19. The highest BCUT2D eigenvalue weighted by Gasteiger charge is 2.36. The Balaban J connectivity index is 2.16. The summed E-state index contributed by atoms with van der Waals surface area (Å²) in [6.45, 7) is 0. The van der Waals surface area contributed by atoms with Crippen molar-refractivity contribution < 1.29 is 15.0 Å². The van der Waals surface area contributed by atoms with Crippen molar-refractivity contribution in [3.8, 4) is 0 Å². The molecule has 3 N–H and O–H groups in total. The molecule has 1 aliphatic carbocycles. The van der Waals surface area contributed by atoms with E-state index in [2.05, 4.69) is 5.32 Å². The largest absolute Gasteiger partial charge is 0.480 e. The van der Waals surface area contributed by atoms with Crippen LogP contribution in [-0.2, 0) is 4.79 Å². The maximum Gasteiger partial charge on any atom is 0.321 e. The molecule has 3 atom stereocenters. The molecule has 1 aliphatic heterocycles. The molecule has 0 unspecified atom stereocenters. The molecule has 4 heteroatoms. The van der Waals surface area contributed by atoms with Gasteiger partial charge in [0, 0.05) is 0 Å². The molecule has 70 valence electrons. The van der Waals surface area contributed by atoms with Gasteiger partial charge in [-0.3, -0.25) is 10.1 Å². The quantitative estimate of drug-likeness (QED) is 0.517. The van der Waals surface area contributed by atoms with Crippen molar-refractivity contribution in [2.45, 2.75) is 24.6 Å². The standard InChI is InChI=1S/C9H11NO3/c11-7-3-1-2-5-4-6(9(12)13)10-8(5)7/h1-3,6-8,10-11H,4H2,(H,12,13)/t6-,7+,8+/m1/s1. The zero-order valence-corrected chi connectivity index (χ0v) is 6.97. The fourth-order valence-electron chi connectivity index (χ4n) is 1.80. The number of allylic oxidation sites excluding steroid dienone is 2. The summed E-state index contributed by atoms with van der Waals surface area (Å²) in [5.74, 6) is -0.859. The summed E-state index contributed by atoms with van der Waals surface area (Å²) in [4.78, 5) is 10.7. The predicted molar refractivity (Wildman–Crippen MR) is 46.2 cm³/mol. The molecule has 1 heterocycles. The van der Waals surface area contributed by atoms with Gasteiger partial charge in [-0.25, -0.2) is 0 Å². The first-order valence-electron chi connectivity index (χ1n) is 4.22. The van der Waals surface area contributed by atoms with E-state index in [9.17, 15) is 9.90 Å². The second kappa shape index (κ2) is 2.97. The summed E-state index contributed by atoms with van der Waals surface area (Å²) >= 11 is 0. The molecule has 2 aliphatic rings. The number of rotatable bonds is 1. The Morgan fingerprint density at radius 3 is 3.00 bits per heavy atom. The second-order valence-electron chi connectivity index (χ2n) is 3.36. The number of carbonyl (C=O) groups is 1. The van der Waals surface area contributed by atoms with Crippen molar-refractivity contribution in [3.63, 3.8) is 0 Å². The van der Waals surface area contributed by atoms with Crippen molar-refractivity contribution in [2.24, 2.45) is 0 Å². The van der Waals surface area contributed by atoms with Gasteiger partial charge in [0.1, 0.15) is 6.04 Å². The zero-order valence-electron chi connectivity index (χ0n) is 6.97. The summed E-state index contributed by atoms with van der Waals surface area (Å²) in [6, 6.07) is -0.753. The van der Waals surface area contributed by atoms with Gasteiger partial charge in [0.05, 0.1) is 12.1 Å². The first kappa shape index (κ1) is 8.47. The van der Waals surface area contributed by atoms with E-state index in [-0.39, 0.29) is 6.04 Å². The minimum atomic E-state index is -0.859. The van der Waals surface area contributed by atoms with E-state index >= 15 is 0 Å². The number of nitrogens with one attached hydrogen (secondary N) is 1. The number of fused-ring (bicyclic) bond motifs is 1. The van der Waals surface area contributed by atoms with E-state index in [0.717, 1.165) is 5.57 Å². The molecule has 4 nitrogen and oxygen atoms in total. The van der Waals surface area contributed by atoms with Gasteiger partial charge in [0.25, 0.3) is 0 Å². The molecule has 1 fully saturated rings. The van der Waals surface area contributed by atoms with E-state index in [1.165, 1.54) is 0 Å². The third-order valence-electron chi connectivity index (χ3n) is 2.48. The molecule has 0 amide bonds. The Hall–Kier alpha value is -1.13. The van der Waals surface area contributed by atoms with Gasteiger partial charge >= 0.3 is 5.97 Å². The van der Waals surface area contributed by atoms with Crippen molar-refractivity contribution in [1.29, 1.82) is 0 Å². The third kappa shape index (κ3) is 1.38. The van der Waals surface area contributed by atoms with Crippen LogP contribution in [0.5, 0.6) is 0 Å². The highest BCUT2D eigenvalue weighted by molar-refractivity contribution is 5.75. The summed E-state index contributed by atoms with van der Waals surface area (Å²) in [6.07, 6.45) is 5.19. The molecule has 0 radical (unpaired) electrons. The molecular weight excluding hydrogens is 170 g/mol. The Morgan fingerprint density at radius 1 is 1.62 bits per heavy atom. The molecule has 0 bridgehead atoms. The maximum absolute atomic E-state index is 10.7. The van der Waals surface area contributed by atoms with Crippen LogP contribution in [0, 0.1) is 0 Å². The molecule has 13 heavy (non-hydrogen) atoms. The lowest BCUT2D eigenvalue weighted by Crippen LogP contribution is -2.41. The van der Waals surface area contributed by atoms with Crippen LogP contribution in [0.4, 0.5) is 0 Å². The number of carboxylic acids is 1. The van der Waals surface area contributed by atoms with Gasteiger partial charge in [-0.1, -0.05) is 18.2 Å². The topological polar surface area (TPSA) is 69.6 Å². The lowest BCUT2D eigenvalue weighted by atomic mass is 9.97. The number of hydrogen-bond acceptors (Lipinski definition) is 3. The minimum Gasteiger partial charge on any atom is -0.480 e. The van der Waals surface area contributed by atoms with Crippen molar-refractivity contribution in [3.05, 3.63) is 23.8 Å². The Labute approximate surface area is 75.6 Å². The van der Waals surface area contributed by atoms with E-state index in [4.69, 9.17) is 5.11 Å². The smallest absolute Gasteiger partial charge is 0.321 e. The Kier molecular flexibility index (Phi) is 1.94. The minimum absolute atomic E-state index is 0.203. The van der Waals surface area contributed by atoms with Crippen LogP contribution in [0.15, 0.2) is 23.8 Å². The average molecular weight is 181 g/mol. The SMILES string of the molecule is O=C(O)[C@H]1CC2=CC=C[C@H](O)[C@H]2N1. The highest BCUT2D eigenvalue weighted by atomic mass is 16.4. The van der Waals surface area contributed by atoms with Crippen molar-refractivity contribution >= 4 is 5.97 Å². The zero-order chi connectivity index (χ0) is 9.42. The molecule has 0 saturated carbocycles. The Bertz CT molecular complexity index is 295. The molecular formula is C9H11NO3. The van der Waals surface area contributed by atoms with Crippen LogP contribution in [0.3, 0.4) is 0 Å². The first-order valence-corrected chi connectivity index (χ1v) is 4.22. The lowest BCUT2D eigenvalue weighted by molar-refractivity contribution is -0.139. The van der Waals surface area contributed by atoms with E-state index < -0.39 is 18.1 Å². The van der Waals surface area contributed by atoms with Gasteiger partial charge in [-0.15, -0.1) is 0 Å². The second-order valence-corrected chi connectivity index (χ2v) is 3.36. The van der Waals surface area contributed by atoms with Crippen LogP contribution in [-0.4, -0.2) is 34.4 Å². The molecule has 0 aromatic carbocycles. The molecule has 2 rings (SSSR count). The van der Waals surface area contributed by atoms with Crippen LogP contribution >= 0.6 is 0 Å². The molecule has 0 aromatic heterocycles. The van der Waals surface area contributed by atoms with Crippen LogP contribution in [0.1, 0.15) is 6.42 Å². The van der Waals surface area contributed by atoms with Crippen molar-refractivity contribution in [2.75, 3.05) is 0 Å². The van der Waals surface area contributed by atoms with E-state index in [1.807, 2.05) is 6.08 Å². The summed E-state index contributed by atoms with van der Waals surface area (Å²) in [5, 5.41) is 21.1. The van der Waals surface area contributed by atoms with Gasteiger partial charge in [-0.05, 0) is 12.0 Å². The number of carboxylic acid groups (broad SMARTS) is 1. The van der Waals surface area contributed by atoms with E-state index in [1.54, 1.807) is 12.2 Å². The average Bonchev–Trinajstić information content (AvgIpc) is 2.49. The summed E-state index contributed by atoms with van der Waals surface area (Å²) in [5.41, 5.74) is 0.974. The number of aliphatic carboxylic acids is 1. The Morgan fingerprint density at radius 2 is 2.38 bits per heavy atom. The monoisotopic (exact) mass is 181 g/mol. The third-order valence-corrected chi connectivity index (χ3v) is 2.48. The van der Waals surface area contributed by atoms with Crippen LogP contribution in [0.25, 0.3) is 0 Å². The van der Waals surface area contributed by atoms with Crippen LogP contribution < -0.4 is 5.32 Å². The fraction of sp³-hybridized carbons (Fsp3) is 0.444. The number of aliphatic hydroxyl groups is 1. The summed E-state index contributed by atoms with van der Waals surface area (Å²) in [7, 11) is 0. The predicted octanol–water partition coefficient (Wildman–Crippen LogP) is -0.341. The van der Waals surface area contributed by atoms with Crippen LogP contribution in [0.2, 0.25) is 0 Å². The summed E-state index contributed by atoms with van der Waals surface area (Å²) < 4.78 is 0. The van der Waals surface area contributed by atoms with Gasteiger partial charge < -0.3 is 10.2 Å². The van der Waals surface area contributed by atoms with E-state index in [0.29, 0.717) is 6.42 Å². The molecule has 0 aromatic rings. The number of hydrogen-bond donors (Lipinski definition) is 3. The first-order chi connectivity index (χ1) is 6.18. The van der Waals surface area contributed by atoms with Gasteiger partial charge in [-0.2, -0.15) is 0 Å². The number of aliphatic hydroxyl groups excluding tert-OH is 1. The maximum atomic E-state index is 10.7.